The Hall–Kier alpha value is -4.67. The highest BCUT2D eigenvalue weighted by Gasteiger charge is 2.62. The van der Waals surface area contributed by atoms with Gasteiger partial charge in [0.2, 0.25) is 5.91 Å². The first-order valence-corrected chi connectivity index (χ1v) is 14.5. The molecular formula is C29H27N2O10P. The quantitative estimate of drug-likeness (QED) is 0.106. The van der Waals surface area contributed by atoms with E-state index in [-0.39, 0.29) is 35.2 Å². The van der Waals surface area contributed by atoms with Gasteiger partial charge in [0.25, 0.3) is 5.69 Å². The lowest BCUT2D eigenvalue weighted by Gasteiger charge is -2.46. The zero-order chi connectivity index (χ0) is 30.0. The molecule has 3 aromatic rings. The normalized spacial score (nSPS) is 20.3. The lowest BCUT2D eigenvalue weighted by molar-refractivity contribution is -0.384. The van der Waals surface area contributed by atoms with Gasteiger partial charge >= 0.3 is 13.8 Å². The van der Waals surface area contributed by atoms with Gasteiger partial charge in [-0.2, -0.15) is 4.57 Å². The van der Waals surface area contributed by atoms with E-state index < -0.39 is 48.6 Å². The van der Waals surface area contributed by atoms with Crippen molar-refractivity contribution in [3.63, 3.8) is 0 Å². The highest BCUT2D eigenvalue weighted by Crippen LogP contribution is 2.57. The number of aliphatic hydroxyl groups is 1. The first kappa shape index (κ1) is 28.8. The number of hydrogen-bond donors (Lipinski definition) is 1. The fourth-order valence-electron chi connectivity index (χ4n) is 4.96. The largest absolute Gasteiger partial charge is 0.646 e. The number of phosphoric acid groups is 1. The van der Waals surface area contributed by atoms with Crippen LogP contribution >= 0.6 is 7.82 Å². The third-order valence-electron chi connectivity index (χ3n) is 6.95. The van der Waals surface area contributed by atoms with Gasteiger partial charge in [0.05, 0.1) is 23.0 Å². The molecule has 2 heterocycles. The van der Waals surface area contributed by atoms with Crippen LogP contribution in [0.25, 0.3) is 0 Å². The van der Waals surface area contributed by atoms with E-state index in [2.05, 4.69) is 0 Å². The number of rotatable bonds is 11. The standard InChI is InChI=1S/C29H27N2O10P/c1-18-25-24(19(2)32)28(33)30(25)26(29(34)38-17-20-13-15-21(16-14-20)31(35)36)27(18)41-42(37,39-22-9-5-3-6-10-22)40-23-11-7-4-8-12-23/h3-16,18-19,24-25,32H,17H2,1-2H3/t18-,19+,24+,25-/m0/s1. The Morgan fingerprint density at radius 1 is 0.976 bits per heavy atom. The molecule has 42 heavy (non-hydrogen) atoms. The molecule has 0 spiro atoms. The predicted octanol–water partition coefficient (Wildman–Crippen LogP) is 4.99. The summed E-state index contributed by atoms with van der Waals surface area (Å²) in [4.78, 5) is 38.1. The van der Waals surface area contributed by atoms with Crippen LogP contribution in [0, 0.1) is 22.0 Å². The number of benzene rings is 3. The maximum Gasteiger partial charge on any atom is 0.646 e. The van der Waals surface area contributed by atoms with Crippen LogP contribution in [0.15, 0.2) is 96.4 Å². The van der Waals surface area contributed by atoms with Gasteiger partial charge in [-0.15, -0.1) is 0 Å². The molecule has 1 N–H and O–H groups in total. The molecule has 0 saturated carbocycles. The summed E-state index contributed by atoms with van der Waals surface area (Å²) in [6.07, 6.45) is -1.02. The van der Waals surface area contributed by atoms with Crippen molar-refractivity contribution in [3.8, 4) is 11.5 Å². The van der Waals surface area contributed by atoms with Crippen molar-refractivity contribution in [2.24, 2.45) is 11.8 Å². The summed E-state index contributed by atoms with van der Waals surface area (Å²) < 4.78 is 37.0. The van der Waals surface area contributed by atoms with E-state index in [0.29, 0.717) is 5.56 Å². The molecule has 2 aliphatic heterocycles. The number of nitro benzene ring substituents is 1. The van der Waals surface area contributed by atoms with E-state index in [1.807, 2.05) is 0 Å². The van der Waals surface area contributed by atoms with Crippen LogP contribution in [-0.4, -0.2) is 39.0 Å². The first-order chi connectivity index (χ1) is 20.1. The highest BCUT2D eigenvalue weighted by molar-refractivity contribution is 7.49. The summed E-state index contributed by atoms with van der Waals surface area (Å²) in [6, 6.07) is 21.1. The number of nitrogens with zero attached hydrogens (tertiary/aromatic N) is 2. The number of non-ortho nitro benzene ring substituents is 1. The Kier molecular flexibility index (Phi) is 8.02. The predicted molar refractivity (Wildman–Crippen MR) is 148 cm³/mol. The third-order valence-corrected chi connectivity index (χ3v) is 8.24. The SMILES string of the molecule is C[C@@H]1C(OP(=O)(Oc2ccccc2)Oc2ccccc2)=C(C(=O)OCc2ccc([N+](=O)[O-])cc2)N2C(=O)[C@H]([C@@H](C)O)[C@H]12. The van der Waals surface area contributed by atoms with Crippen molar-refractivity contribution in [3.05, 3.63) is 112 Å². The summed E-state index contributed by atoms with van der Waals surface area (Å²) in [5.74, 6) is -2.82. The van der Waals surface area contributed by atoms with Crippen molar-refractivity contribution in [2.45, 2.75) is 32.6 Å². The molecule has 0 aliphatic carbocycles. The minimum atomic E-state index is -4.54. The Labute approximate surface area is 240 Å². The molecule has 12 nitrogen and oxygen atoms in total. The average Bonchev–Trinajstić information content (AvgIpc) is 3.20. The number of hydrogen-bond acceptors (Lipinski definition) is 10. The average molecular weight is 595 g/mol. The second-order valence-electron chi connectivity index (χ2n) is 9.81. The molecule has 1 amide bonds. The van der Waals surface area contributed by atoms with Crippen LogP contribution in [0.3, 0.4) is 0 Å². The number of aliphatic hydroxyl groups excluding tert-OH is 1. The first-order valence-electron chi connectivity index (χ1n) is 13.0. The maximum absolute atomic E-state index is 14.2. The minimum Gasteiger partial charge on any atom is -0.456 e. The van der Waals surface area contributed by atoms with Crippen LogP contribution < -0.4 is 9.05 Å². The number of fused-ring (bicyclic) bond motifs is 1. The van der Waals surface area contributed by atoms with Crippen molar-refractivity contribution in [1.29, 1.82) is 0 Å². The van der Waals surface area contributed by atoms with Gasteiger partial charge in [-0.3, -0.25) is 19.8 Å². The van der Waals surface area contributed by atoms with Gasteiger partial charge in [-0.05, 0) is 48.9 Å². The van der Waals surface area contributed by atoms with E-state index in [1.165, 1.54) is 36.1 Å². The molecule has 3 aromatic carbocycles. The zero-order valence-corrected chi connectivity index (χ0v) is 23.5. The molecule has 0 unspecified atom stereocenters. The van der Waals surface area contributed by atoms with Crippen LogP contribution in [0.5, 0.6) is 11.5 Å². The van der Waals surface area contributed by atoms with Crippen LogP contribution in [0.2, 0.25) is 0 Å². The molecule has 4 atom stereocenters. The van der Waals surface area contributed by atoms with Gasteiger partial charge in [0, 0.05) is 18.1 Å². The maximum atomic E-state index is 14.2. The molecule has 0 radical (unpaired) electrons. The molecule has 5 rings (SSSR count). The molecule has 218 valence electrons. The summed E-state index contributed by atoms with van der Waals surface area (Å²) >= 11 is 0. The number of phosphoric ester groups is 1. The van der Waals surface area contributed by atoms with E-state index >= 15 is 0 Å². The van der Waals surface area contributed by atoms with Gasteiger partial charge < -0.3 is 23.4 Å². The lowest BCUT2D eigenvalue weighted by Crippen LogP contribution is -2.63. The molecule has 0 bridgehead atoms. The number of amides is 1. The van der Waals surface area contributed by atoms with Gasteiger partial charge in [-0.1, -0.05) is 43.3 Å². The van der Waals surface area contributed by atoms with Gasteiger partial charge in [-0.25, -0.2) is 4.79 Å². The van der Waals surface area contributed by atoms with E-state index in [9.17, 15) is 29.4 Å². The highest BCUT2D eigenvalue weighted by atomic mass is 31.2. The molecule has 1 saturated heterocycles. The number of ether oxygens (including phenoxy) is 1. The molecule has 13 heteroatoms. The number of para-hydroxylation sites is 2. The number of carbonyl (C=O) groups is 2. The smallest absolute Gasteiger partial charge is 0.456 e. The van der Waals surface area contributed by atoms with E-state index in [0.717, 1.165) is 0 Å². The van der Waals surface area contributed by atoms with E-state index in [4.69, 9.17) is 18.3 Å². The van der Waals surface area contributed by atoms with Crippen molar-refractivity contribution in [2.75, 3.05) is 0 Å². The Balaban J connectivity index is 1.48. The van der Waals surface area contributed by atoms with Crippen LogP contribution in [0.4, 0.5) is 5.69 Å². The Morgan fingerprint density at radius 2 is 1.52 bits per heavy atom. The topological polar surface area (TPSA) is 155 Å². The Morgan fingerprint density at radius 3 is 2.02 bits per heavy atom. The summed E-state index contributed by atoms with van der Waals surface area (Å²) in [7, 11) is -4.54. The number of esters is 1. The van der Waals surface area contributed by atoms with Crippen molar-refractivity contribution < 1.29 is 42.5 Å². The second-order valence-corrected chi connectivity index (χ2v) is 11.3. The summed E-state index contributed by atoms with van der Waals surface area (Å²) in [5.41, 5.74) is 0.0469. The number of carbonyl (C=O) groups excluding carboxylic acids is 2. The summed E-state index contributed by atoms with van der Waals surface area (Å²) in [5, 5.41) is 21.2. The van der Waals surface area contributed by atoms with Crippen LogP contribution in [0.1, 0.15) is 19.4 Å². The third kappa shape index (κ3) is 5.72. The number of nitro groups is 1. The molecule has 1 fully saturated rings. The van der Waals surface area contributed by atoms with Crippen molar-refractivity contribution in [1.82, 2.24) is 4.90 Å². The fraction of sp³-hybridized carbons (Fsp3) is 0.241. The van der Waals surface area contributed by atoms with Crippen LogP contribution in [-0.2, 0) is 30.0 Å². The number of β-lactam (4-membered cyclic amide) rings is 1. The minimum absolute atomic E-state index is 0.126. The van der Waals surface area contributed by atoms with Gasteiger partial charge in [0.15, 0.2) is 5.70 Å². The fourth-order valence-corrected chi connectivity index (χ4v) is 6.33. The lowest BCUT2D eigenvalue weighted by atomic mass is 9.79. The Bertz CT molecular complexity index is 1510. The molecule has 2 aliphatic rings. The van der Waals surface area contributed by atoms with Gasteiger partial charge in [0.1, 0.15) is 23.9 Å². The molecular weight excluding hydrogens is 567 g/mol. The van der Waals surface area contributed by atoms with E-state index in [1.54, 1.807) is 67.6 Å². The second kappa shape index (κ2) is 11.7. The monoisotopic (exact) mass is 594 g/mol. The van der Waals surface area contributed by atoms with Crippen molar-refractivity contribution >= 4 is 25.4 Å². The zero-order valence-electron chi connectivity index (χ0n) is 22.6. The summed E-state index contributed by atoms with van der Waals surface area (Å²) in [6.45, 7) is 2.87. The molecule has 0 aromatic heterocycles.